The summed E-state index contributed by atoms with van der Waals surface area (Å²) in [7, 11) is 0. The van der Waals surface area contributed by atoms with E-state index in [1.165, 1.54) is 11.1 Å². The van der Waals surface area contributed by atoms with Gasteiger partial charge < -0.3 is 4.74 Å². The van der Waals surface area contributed by atoms with Crippen molar-refractivity contribution in [2.75, 3.05) is 6.54 Å². The number of aromatic nitrogens is 1. The Bertz CT molecular complexity index is 700. The van der Waals surface area contributed by atoms with E-state index in [0.29, 0.717) is 0 Å². The third-order valence-electron chi connectivity index (χ3n) is 3.71. The van der Waals surface area contributed by atoms with Crippen LogP contribution >= 0.6 is 0 Å². The van der Waals surface area contributed by atoms with Gasteiger partial charge in [0.1, 0.15) is 5.75 Å². The summed E-state index contributed by atoms with van der Waals surface area (Å²) in [5, 5.41) is 0. The summed E-state index contributed by atoms with van der Waals surface area (Å²) < 4.78 is 5.70. The number of hydrogen-bond donors (Lipinski definition) is 0. The minimum Gasteiger partial charge on any atom is -0.491 e. The zero-order chi connectivity index (χ0) is 16.1. The molecule has 3 rings (SSSR count). The maximum atomic E-state index is 5.70. The van der Waals surface area contributed by atoms with Gasteiger partial charge in [-0.15, -0.1) is 0 Å². The molecule has 2 heterocycles. The first-order chi connectivity index (χ1) is 11.2. The van der Waals surface area contributed by atoms with E-state index in [4.69, 9.17) is 9.73 Å². The third kappa shape index (κ3) is 4.07. The molecule has 0 N–H and O–H groups in total. The summed E-state index contributed by atoms with van der Waals surface area (Å²) in [4.78, 5) is 8.93. The Morgan fingerprint density at radius 2 is 1.96 bits per heavy atom. The van der Waals surface area contributed by atoms with Gasteiger partial charge in [0.25, 0.3) is 0 Å². The van der Waals surface area contributed by atoms with Crippen molar-refractivity contribution in [1.82, 2.24) is 4.98 Å². The summed E-state index contributed by atoms with van der Waals surface area (Å²) in [5.74, 6) is 0.909. The molecule has 0 atom stereocenters. The third-order valence-corrected chi connectivity index (χ3v) is 3.71. The van der Waals surface area contributed by atoms with Crippen LogP contribution in [0.3, 0.4) is 0 Å². The Kier molecular flexibility index (Phi) is 4.86. The lowest BCUT2D eigenvalue weighted by Gasteiger charge is -2.16. The molecule has 0 radical (unpaired) electrons. The quantitative estimate of drug-likeness (QED) is 0.831. The van der Waals surface area contributed by atoms with Gasteiger partial charge in [-0.25, -0.2) is 0 Å². The molecule has 118 valence electrons. The highest BCUT2D eigenvalue weighted by atomic mass is 16.5. The van der Waals surface area contributed by atoms with Crippen molar-refractivity contribution in [3.05, 3.63) is 65.5 Å². The minimum absolute atomic E-state index is 0.196. The van der Waals surface area contributed by atoms with Gasteiger partial charge in [-0.2, -0.15) is 0 Å². The number of hydrogen-bond acceptors (Lipinski definition) is 3. The second kappa shape index (κ2) is 7.23. The summed E-state index contributed by atoms with van der Waals surface area (Å²) >= 11 is 0. The van der Waals surface area contributed by atoms with E-state index in [1.54, 1.807) is 6.20 Å². The van der Waals surface area contributed by atoms with E-state index in [-0.39, 0.29) is 6.10 Å². The molecule has 3 heteroatoms. The Hall–Kier alpha value is -2.42. The molecule has 0 unspecified atom stereocenters. The fourth-order valence-corrected chi connectivity index (χ4v) is 2.72. The van der Waals surface area contributed by atoms with Crippen LogP contribution in [0, 0.1) is 0 Å². The SMILES string of the molecule is CC(C)Oc1ccc(/C=C2\CCCN=C2c2cccnc2)cc1. The van der Waals surface area contributed by atoms with E-state index in [2.05, 4.69) is 29.3 Å². The van der Waals surface area contributed by atoms with Gasteiger partial charge in [0, 0.05) is 24.5 Å². The zero-order valence-electron chi connectivity index (χ0n) is 13.7. The van der Waals surface area contributed by atoms with E-state index < -0.39 is 0 Å². The summed E-state index contributed by atoms with van der Waals surface area (Å²) in [6, 6.07) is 12.3. The molecule has 1 aliphatic rings. The number of benzene rings is 1. The molecule has 3 nitrogen and oxygen atoms in total. The molecule has 0 saturated heterocycles. The standard InChI is InChI=1S/C20H22N2O/c1-15(2)23-19-9-7-16(8-10-19)13-17-5-4-12-22-20(17)18-6-3-11-21-14-18/h3,6-11,13-15H,4-5,12H2,1-2H3/b17-13+. The molecule has 0 spiro atoms. The van der Waals surface area contributed by atoms with E-state index >= 15 is 0 Å². The molecule has 0 amide bonds. The zero-order valence-corrected chi connectivity index (χ0v) is 13.7. The van der Waals surface area contributed by atoms with Crippen LogP contribution < -0.4 is 4.74 Å². The van der Waals surface area contributed by atoms with Crippen molar-refractivity contribution in [3.63, 3.8) is 0 Å². The second-order valence-corrected chi connectivity index (χ2v) is 5.98. The number of nitrogens with zero attached hydrogens (tertiary/aromatic N) is 2. The van der Waals surface area contributed by atoms with Gasteiger partial charge in [0.05, 0.1) is 11.8 Å². The Morgan fingerprint density at radius 3 is 2.65 bits per heavy atom. The Morgan fingerprint density at radius 1 is 1.13 bits per heavy atom. The molecule has 1 aliphatic heterocycles. The van der Waals surface area contributed by atoms with Gasteiger partial charge in [-0.3, -0.25) is 9.98 Å². The minimum atomic E-state index is 0.196. The number of ether oxygens (including phenoxy) is 1. The van der Waals surface area contributed by atoms with Crippen molar-refractivity contribution in [3.8, 4) is 5.75 Å². The number of pyridine rings is 1. The van der Waals surface area contributed by atoms with E-state index in [9.17, 15) is 0 Å². The number of rotatable bonds is 4. The Labute approximate surface area is 137 Å². The molecule has 0 bridgehead atoms. The molecule has 0 fully saturated rings. The second-order valence-electron chi connectivity index (χ2n) is 5.98. The first-order valence-corrected chi connectivity index (χ1v) is 8.15. The van der Waals surface area contributed by atoms with Crippen LogP contribution in [-0.4, -0.2) is 23.3 Å². The molecular formula is C20H22N2O. The van der Waals surface area contributed by atoms with E-state index in [0.717, 1.165) is 36.4 Å². The molecule has 1 aromatic carbocycles. The van der Waals surface area contributed by atoms with Crippen molar-refractivity contribution in [2.24, 2.45) is 4.99 Å². The highest BCUT2D eigenvalue weighted by Gasteiger charge is 2.14. The summed E-state index contributed by atoms with van der Waals surface area (Å²) in [6.45, 7) is 4.96. The van der Waals surface area contributed by atoms with Gasteiger partial charge in [0.15, 0.2) is 0 Å². The van der Waals surface area contributed by atoms with Crippen LogP contribution in [0.5, 0.6) is 5.75 Å². The highest BCUT2D eigenvalue weighted by molar-refractivity contribution is 6.15. The van der Waals surface area contributed by atoms with E-state index in [1.807, 2.05) is 38.2 Å². The average molecular weight is 306 g/mol. The lowest BCUT2D eigenvalue weighted by molar-refractivity contribution is 0.242. The van der Waals surface area contributed by atoms with Crippen LogP contribution in [0.4, 0.5) is 0 Å². The normalized spacial score (nSPS) is 16.5. The lowest BCUT2D eigenvalue weighted by Crippen LogP contribution is -2.11. The highest BCUT2D eigenvalue weighted by Crippen LogP contribution is 2.23. The molecule has 2 aromatic rings. The fourth-order valence-electron chi connectivity index (χ4n) is 2.72. The maximum Gasteiger partial charge on any atom is 0.119 e. The van der Waals surface area contributed by atoms with Crippen molar-refractivity contribution in [2.45, 2.75) is 32.8 Å². The summed E-state index contributed by atoms with van der Waals surface area (Å²) in [5.41, 5.74) is 4.63. The van der Waals surface area contributed by atoms with Crippen LogP contribution in [0.15, 0.2) is 59.4 Å². The van der Waals surface area contributed by atoms with Crippen molar-refractivity contribution < 1.29 is 4.74 Å². The lowest BCUT2D eigenvalue weighted by atomic mass is 9.95. The first kappa shape index (κ1) is 15.5. The number of allylic oxidation sites excluding steroid dienone is 1. The van der Waals surface area contributed by atoms with Crippen LogP contribution in [0.2, 0.25) is 0 Å². The van der Waals surface area contributed by atoms with Crippen LogP contribution in [0.1, 0.15) is 37.8 Å². The molecular weight excluding hydrogens is 284 g/mol. The van der Waals surface area contributed by atoms with Crippen molar-refractivity contribution >= 4 is 11.8 Å². The van der Waals surface area contributed by atoms with Gasteiger partial charge in [-0.05, 0) is 68.2 Å². The monoisotopic (exact) mass is 306 g/mol. The van der Waals surface area contributed by atoms with Crippen LogP contribution in [-0.2, 0) is 0 Å². The number of aliphatic imine (C=N–C) groups is 1. The van der Waals surface area contributed by atoms with Gasteiger partial charge in [-0.1, -0.05) is 12.1 Å². The molecule has 1 aromatic heterocycles. The largest absolute Gasteiger partial charge is 0.491 e. The van der Waals surface area contributed by atoms with Crippen molar-refractivity contribution in [1.29, 1.82) is 0 Å². The molecule has 0 aliphatic carbocycles. The topological polar surface area (TPSA) is 34.5 Å². The van der Waals surface area contributed by atoms with Crippen LogP contribution in [0.25, 0.3) is 6.08 Å². The average Bonchev–Trinajstić information content (AvgIpc) is 2.57. The fraction of sp³-hybridized carbons (Fsp3) is 0.300. The Balaban J connectivity index is 1.85. The predicted octanol–water partition coefficient (Wildman–Crippen LogP) is 4.54. The summed E-state index contributed by atoms with van der Waals surface area (Å²) in [6.07, 6.45) is 8.26. The predicted molar refractivity (Wildman–Crippen MR) is 95.1 cm³/mol. The molecule has 23 heavy (non-hydrogen) atoms. The maximum absolute atomic E-state index is 5.70. The van der Waals surface area contributed by atoms with Gasteiger partial charge in [0.2, 0.25) is 0 Å². The first-order valence-electron chi connectivity index (χ1n) is 8.15. The molecule has 0 saturated carbocycles. The smallest absolute Gasteiger partial charge is 0.119 e. The van der Waals surface area contributed by atoms with Gasteiger partial charge >= 0.3 is 0 Å².